The van der Waals surface area contributed by atoms with E-state index in [0.29, 0.717) is 51.0 Å². The Kier molecular flexibility index (Phi) is 15.7. The molecule has 1 unspecified atom stereocenters. The van der Waals surface area contributed by atoms with Crippen molar-refractivity contribution in [2.75, 3.05) is 0 Å². The fourth-order valence-corrected chi connectivity index (χ4v) is 6.34. The number of hydrogen-bond donors (Lipinski definition) is 2. The highest BCUT2D eigenvalue weighted by molar-refractivity contribution is 7.71. The Balaban J connectivity index is 0.000000194. The minimum Gasteiger partial charge on any atom is -0.489 e. The number of nitrogens with zero attached hydrogens (tertiary/aromatic N) is 5. The van der Waals surface area contributed by atoms with Crippen LogP contribution in [-0.4, -0.2) is 40.9 Å². The second-order valence-electron chi connectivity index (χ2n) is 14.7. The standard InChI is InChI=1S/C24H20F3N3O2S.C21H15F3O2.C4H7N3/c1-30-22(28-29-23(30)33)21(31)17-7-11-20(12-8-17)32-14-15-3-2-4-18(13-15)16-5-9-19(10-6-16)24(25,26)27;22-21(23,24)19-8-6-17(7-9-19)18-3-1-2-16(12-18)14-26-20-10-4-15(13-25)5-11-20;1-4-6-5-3-7(4)2/h2-13,21,31H,14H2,1H3,(H,29,33);1-13H,14H2;3H,1-2H3. The fourth-order valence-electron chi connectivity index (χ4n) is 6.20. The molecule has 2 N–H and O–H groups in total. The highest BCUT2D eigenvalue weighted by atomic mass is 32.1. The highest BCUT2D eigenvalue weighted by Crippen LogP contribution is 2.33. The number of nitrogens with one attached hydrogen (secondary N) is 1. The fraction of sp³-hybridized carbons (Fsp3) is 0.163. The summed E-state index contributed by atoms with van der Waals surface area (Å²) < 4.78 is 91.7. The number of aryl methyl sites for hydroxylation is 2. The normalized spacial score (nSPS) is 11.7. The zero-order chi connectivity index (χ0) is 47.4. The second kappa shape index (κ2) is 21.5. The Morgan fingerprint density at radius 1 is 0.682 bits per heavy atom. The Labute approximate surface area is 380 Å². The molecule has 6 aromatic carbocycles. The van der Waals surface area contributed by atoms with E-state index in [1.54, 1.807) is 66.5 Å². The van der Waals surface area contributed by atoms with E-state index in [2.05, 4.69) is 20.4 Å². The quantitative estimate of drug-likeness (QED) is 0.0748. The summed E-state index contributed by atoms with van der Waals surface area (Å²) in [4.78, 5) is 10.6. The van der Waals surface area contributed by atoms with E-state index in [4.69, 9.17) is 21.7 Å². The van der Waals surface area contributed by atoms with E-state index in [9.17, 15) is 36.2 Å². The summed E-state index contributed by atoms with van der Waals surface area (Å²) in [5.74, 6) is 2.60. The van der Waals surface area contributed by atoms with Crippen LogP contribution in [0.3, 0.4) is 0 Å². The maximum atomic E-state index is 12.8. The topological polar surface area (TPSA) is 120 Å². The average molecular weight is 925 g/mol. The first-order chi connectivity index (χ1) is 31.5. The lowest BCUT2D eigenvalue weighted by atomic mass is 10.0. The number of hydrogen-bond acceptors (Lipinski definition) is 8. The van der Waals surface area contributed by atoms with Crippen molar-refractivity contribution in [2.24, 2.45) is 14.1 Å². The minimum atomic E-state index is -4.36. The molecule has 2 aromatic heterocycles. The lowest BCUT2D eigenvalue weighted by molar-refractivity contribution is -0.138. The van der Waals surface area contributed by atoms with Crippen molar-refractivity contribution in [3.8, 4) is 33.8 Å². The molecular formula is C49H42F6N6O4S. The van der Waals surface area contributed by atoms with Crippen LogP contribution in [0.2, 0.25) is 0 Å². The molecule has 0 saturated carbocycles. The third-order valence-electron chi connectivity index (χ3n) is 10.1. The summed E-state index contributed by atoms with van der Waals surface area (Å²) in [7, 11) is 3.63. The zero-order valence-electron chi connectivity index (χ0n) is 35.6. The Morgan fingerprint density at radius 3 is 1.52 bits per heavy atom. The first kappa shape index (κ1) is 48.1. The predicted octanol–water partition coefficient (Wildman–Crippen LogP) is 11.7. The molecule has 2 heterocycles. The van der Waals surface area contributed by atoms with Gasteiger partial charge in [-0.3, -0.25) is 9.89 Å². The lowest BCUT2D eigenvalue weighted by Crippen LogP contribution is -2.07. The number of halogens is 6. The molecule has 8 rings (SSSR count). The summed E-state index contributed by atoms with van der Waals surface area (Å²) in [5.41, 5.74) is 4.65. The first-order valence-corrected chi connectivity index (χ1v) is 20.4. The van der Waals surface area contributed by atoms with Crippen molar-refractivity contribution in [3.05, 3.63) is 202 Å². The van der Waals surface area contributed by atoms with E-state index < -0.39 is 29.6 Å². The van der Waals surface area contributed by atoms with Gasteiger partial charge in [0.25, 0.3) is 0 Å². The molecule has 8 aromatic rings. The van der Waals surface area contributed by atoms with E-state index >= 15 is 0 Å². The van der Waals surface area contributed by atoms with E-state index in [1.165, 1.54) is 24.3 Å². The summed E-state index contributed by atoms with van der Waals surface area (Å²) in [6.07, 6.45) is -7.19. The first-order valence-electron chi connectivity index (χ1n) is 20.0. The van der Waals surface area contributed by atoms with Gasteiger partial charge in [0.15, 0.2) is 10.6 Å². The van der Waals surface area contributed by atoms with Gasteiger partial charge in [-0.25, -0.2) is 0 Å². The molecule has 0 spiro atoms. The molecule has 340 valence electrons. The Hall–Kier alpha value is -7.37. The van der Waals surface area contributed by atoms with Gasteiger partial charge in [-0.15, -0.1) is 10.2 Å². The monoisotopic (exact) mass is 924 g/mol. The third-order valence-corrected chi connectivity index (χ3v) is 10.4. The maximum absolute atomic E-state index is 12.8. The van der Waals surface area contributed by atoms with Crippen LogP contribution in [0.15, 0.2) is 152 Å². The van der Waals surface area contributed by atoms with Gasteiger partial charge in [-0.1, -0.05) is 72.8 Å². The van der Waals surface area contributed by atoms with Gasteiger partial charge in [0, 0.05) is 19.7 Å². The molecular weight excluding hydrogens is 883 g/mol. The van der Waals surface area contributed by atoms with Crippen LogP contribution in [-0.2, 0) is 39.7 Å². The summed E-state index contributed by atoms with van der Waals surface area (Å²) in [6, 6.07) is 38.8. The van der Waals surface area contributed by atoms with E-state index in [1.807, 2.05) is 67.1 Å². The number of alkyl halides is 6. The van der Waals surface area contributed by atoms with Gasteiger partial charge in [0.2, 0.25) is 0 Å². The predicted molar refractivity (Wildman–Crippen MR) is 239 cm³/mol. The number of benzene rings is 6. The summed E-state index contributed by atoms with van der Waals surface area (Å²) in [6.45, 7) is 2.51. The molecule has 0 aliphatic carbocycles. The lowest BCUT2D eigenvalue weighted by Gasteiger charge is -2.12. The van der Waals surface area contributed by atoms with Crippen LogP contribution in [0.1, 0.15) is 55.9 Å². The minimum absolute atomic E-state index is 0.282. The molecule has 1 atom stereocenters. The molecule has 0 amide bonds. The van der Waals surface area contributed by atoms with Crippen molar-refractivity contribution in [2.45, 2.75) is 38.6 Å². The molecule has 0 bridgehead atoms. The zero-order valence-corrected chi connectivity index (χ0v) is 36.4. The van der Waals surface area contributed by atoms with Gasteiger partial charge < -0.3 is 23.7 Å². The molecule has 0 radical (unpaired) electrons. The maximum Gasteiger partial charge on any atom is 0.416 e. The van der Waals surface area contributed by atoms with Crippen molar-refractivity contribution in [1.29, 1.82) is 0 Å². The van der Waals surface area contributed by atoms with Crippen molar-refractivity contribution >= 4 is 18.5 Å². The van der Waals surface area contributed by atoms with Gasteiger partial charge >= 0.3 is 12.4 Å². The largest absolute Gasteiger partial charge is 0.489 e. The van der Waals surface area contributed by atoms with E-state index in [0.717, 1.165) is 58.6 Å². The molecule has 10 nitrogen and oxygen atoms in total. The summed E-state index contributed by atoms with van der Waals surface area (Å²) in [5, 5.41) is 24.6. The van der Waals surface area contributed by atoms with Crippen LogP contribution in [0.5, 0.6) is 11.5 Å². The van der Waals surface area contributed by atoms with Crippen LogP contribution >= 0.6 is 12.2 Å². The number of carbonyl (C=O) groups is 1. The van der Waals surface area contributed by atoms with Gasteiger partial charge in [0.1, 0.15) is 49.3 Å². The van der Waals surface area contributed by atoms with Crippen LogP contribution in [0.4, 0.5) is 26.3 Å². The number of aromatic nitrogens is 6. The number of aliphatic hydroxyl groups excluding tert-OH is 1. The number of aromatic amines is 1. The molecule has 0 fully saturated rings. The number of ether oxygens (including phenoxy) is 2. The Bertz CT molecular complexity index is 2860. The van der Waals surface area contributed by atoms with E-state index in [-0.39, 0.29) is 6.61 Å². The molecule has 66 heavy (non-hydrogen) atoms. The number of carbonyl (C=O) groups excluding carboxylic acids is 1. The van der Waals surface area contributed by atoms with Crippen LogP contribution < -0.4 is 9.47 Å². The van der Waals surface area contributed by atoms with Crippen molar-refractivity contribution in [3.63, 3.8) is 0 Å². The molecule has 0 aliphatic heterocycles. The van der Waals surface area contributed by atoms with Crippen molar-refractivity contribution in [1.82, 2.24) is 29.5 Å². The number of aliphatic hydroxyl groups is 1. The highest BCUT2D eigenvalue weighted by Gasteiger charge is 2.31. The number of H-pyrrole nitrogens is 1. The average Bonchev–Trinajstić information content (AvgIpc) is 3.88. The van der Waals surface area contributed by atoms with Crippen LogP contribution in [0.25, 0.3) is 22.3 Å². The van der Waals surface area contributed by atoms with Gasteiger partial charge in [-0.05, 0) is 131 Å². The van der Waals surface area contributed by atoms with Crippen molar-refractivity contribution < 1.29 is 45.7 Å². The number of rotatable bonds is 11. The number of aldehydes is 1. The molecule has 0 aliphatic rings. The molecule has 0 saturated heterocycles. The van der Waals surface area contributed by atoms with Gasteiger partial charge in [-0.2, -0.15) is 31.4 Å². The smallest absolute Gasteiger partial charge is 0.416 e. The van der Waals surface area contributed by atoms with Gasteiger partial charge in [0.05, 0.1) is 11.1 Å². The second-order valence-corrected chi connectivity index (χ2v) is 15.1. The molecule has 17 heteroatoms. The SMILES string of the molecule is Cc1nncn1C.Cn1c(C(O)c2ccc(OCc3cccc(-c4ccc(C(F)(F)F)cc4)c3)cc2)n[nH]c1=S.O=Cc1ccc(OCc2cccc(-c3ccc(C(F)(F)F)cc3)c2)cc1. The Morgan fingerprint density at radius 2 is 1.15 bits per heavy atom. The third kappa shape index (κ3) is 13.1. The van der Waals surface area contributed by atoms with Crippen LogP contribution in [0, 0.1) is 11.7 Å². The summed E-state index contributed by atoms with van der Waals surface area (Å²) >= 11 is 5.07.